The Morgan fingerprint density at radius 2 is 2.24 bits per heavy atom. The SMILES string of the molecule is Cc1cn[nH]c1[C@@H]1COCCN1C(=O)CCN1CCc2ccccc21. The number of hydrogen-bond donors (Lipinski definition) is 1. The molecule has 6 nitrogen and oxygen atoms in total. The van der Waals surface area contributed by atoms with E-state index in [9.17, 15) is 4.79 Å². The number of amides is 1. The van der Waals surface area contributed by atoms with Crippen molar-refractivity contribution in [3.63, 3.8) is 0 Å². The quantitative estimate of drug-likeness (QED) is 0.926. The van der Waals surface area contributed by atoms with Crippen LogP contribution in [0.25, 0.3) is 0 Å². The number of aromatic nitrogens is 2. The summed E-state index contributed by atoms with van der Waals surface area (Å²) in [6, 6.07) is 8.42. The van der Waals surface area contributed by atoms with Crippen LogP contribution in [0.4, 0.5) is 5.69 Å². The number of nitrogens with zero attached hydrogens (tertiary/aromatic N) is 3. The van der Waals surface area contributed by atoms with E-state index >= 15 is 0 Å². The molecule has 2 aliphatic rings. The first kappa shape index (κ1) is 16.1. The predicted molar refractivity (Wildman–Crippen MR) is 95.6 cm³/mol. The molecule has 0 aliphatic carbocycles. The van der Waals surface area contributed by atoms with Gasteiger partial charge in [-0.25, -0.2) is 0 Å². The number of ether oxygens (including phenoxy) is 1. The molecule has 0 saturated carbocycles. The molecule has 0 unspecified atom stereocenters. The number of aryl methyl sites for hydroxylation is 1. The van der Waals surface area contributed by atoms with Gasteiger partial charge in [-0.05, 0) is 30.5 Å². The average Bonchev–Trinajstić information content (AvgIpc) is 3.26. The molecule has 1 atom stereocenters. The van der Waals surface area contributed by atoms with Crippen molar-refractivity contribution >= 4 is 11.6 Å². The second-order valence-electron chi connectivity index (χ2n) is 6.76. The molecule has 3 heterocycles. The minimum atomic E-state index is -0.0605. The molecule has 1 N–H and O–H groups in total. The zero-order valence-electron chi connectivity index (χ0n) is 14.6. The average molecular weight is 340 g/mol. The lowest BCUT2D eigenvalue weighted by Gasteiger charge is -2.36. The van der Waals surface area contributed by atoms with Gasteiger partial charge in [0.1, 0.15) is 0 Å². The summed E-state index contributed by atoms with van der Waals surface area (Å²) in [5.41, 5.74) is 4.71. The molecule has 0 bridgehead atoms. The zero-order chi connectivity index (χ0) is 17.2. The van der Waals surface area contributed by atoms with Crippen LogP contribution in [0.3, 0.4) is 0 Å². The van der Waals surface area contributed by atoms with Crippen LogP contribution in [-0.4, -0.2) is 53.9 Å². The molecular weight excluding hydrogens is 316 g/mol. The largest absolute Gasteiger partial charge is 0.377 e. The molecule has 1 aromatic heterocycles. The van der Waals surface area contributed by atoms with Gasteiger partial charge in [0.25, 0.3) is 0 Å². The Bertz CT molecular complexity index is 757. The summed E-state index contributed by atoms with van der Waals surface area (Å²) in [5.74, 6) is 0.187. The maximum atomic E-state index is 12.9. The van der Waals surface area contributed by atoms with E-state index < -0.39 is 0 Å². The number of benzene rings is 1. The highest BCUT2D eigenvalue weighted by molar-refractivity contribution is 5.77. The normalized spacial score (nSPS) is 20.0. The number of morpholine rings is 1. The topological polar surface area (TPSA) is 61.5 Å². The van der Waals surface area contributed by atoms with Crippen molar-refractivity contribution in [3.05, 3.63) is 47.3 Å². The predicted octanol–water partition coefficient (Wildman–Crippen LogP) is 2.07. The fourth-order valence-electron chi connectivity index (χ4n) is 3.85. The lowest BCUT2D eigenvalue weighted by molar-refractivity contribution is -0.140. The maximum Gasteiger partial charge on any atom is 0.225 e. The highest BCUT2D eigenvalue weighted by Gasteiger charge is 2.31. The summed E-state index contributed by atoms with van der Waals surface area (Å²) < 4.78 is 5.61. The standard InChI is InChI=1S/C19H24N4O2/c1-14-12-20-21-19(14)17-13-25-11-10-23(17)18(24)7-9-22-8-6-15-4-2-3-5-16(15)22/h2-5,12,17H,6-11,13H2,1H3,(H,20,21)/t17-/m0/s1. The molecule has 0 radical (unpaired) electrons. The third kappa shape index (κ3) is 3.14. The number of H-pyrrole nitrogens is 1. The second kappa shape index (κ2) is 6.88. The number of carbonyl (C=O) groups excluding carboxylic acids is 1. The van der Waals surface area contributed by atoms with Gasteiger partial charge in [0, 0.05) is 31.7 Å². The third-order valence-electron chi connectivity index (χ3n) is 5.23. The van der Waals surface area contributed by atoms with Gasteiger partial charge in [0.05, 0.1) is 31.1 Å². The zero-order valence-corrected chi connectivity index (χ0v) is 14.6. The summed E-state index contributed by atoms with van der Waals surface area (Å²) in [5, 5.41) is 7.13. The number of hydrogen-bond acceptors (Lipinski definition) is 4. The van der Waals surface area contributed by atoms with Gasteiger partial charge < -0.3 is 14.5 Å². The molecule has 1 saturated heterocycles. The molecule has 4 rings (SSSR count). The van der Waals surface area contributed by atoms with Crippen LogP contribution < -0.4 is 4.90 Å². The van der Waals surface area contributed by atoms with Gasteiger partial charge in [-0.3, -0.25) is 9.89 Å². The van der Waals surface area contributed by atoms with Crippen LogP contribution >= 0.6 is 0 Å². The van der Waals surface area contributed by atoms with Crippen molar-refractivity contribution in [2.45, 2.75) is 25.8 Å². The van der Waals surface area contributed by atoms with Crippen molar-refractivity contribution in [2.75, 3.05) is 37.7 Å². The van der Waals surface area contributed by atoms with Crippen LogP contribution in [-0.2, 0) is 16.0 Å². The van der Waals surface area contributed by atoms with Gasteiger partial charge in [0.2, 0.25) is 5.91 Å². The number of carbonyl (C=O) groups is 1. The molecule has 25 heavy (non-hydrogen) atoms. The van der Waals surface area contributed by atoms with Crippen molar-refractivity contribution in [2.24, 2.45) is 0 Å². The number of para-hydroxylation sites is 1. The first-order valence-corrected chi connectivity index (χ1v) is 8.94. The summed E-state index contributed by atoms with van der Waals surface area (Å²) in [6.45, 7) is 5.54. The van der Waals surface area contributed by atoms with Gasteiger partial charge in [-0.1, -0.05) is 18.2 Å². The van der Waals surface area contributed by atoms with Crippen molar-refractivity contribution in [3.8, 4) is 0 Å². The fraction of sp³-hybridized carbons (Fsp3) is 0.474. The van der Waals surface area contributed by atoms with Gasteiger partial charge in [-0.15, -0.1) is 0 Å². The van der Waals surface area contributed by atoms with Crippen molar-refractivity contribution in [1.29, 1.82) is 0 Å². The number of aromatic amines is 1. The molecule has 1 aromatic carbocycles. The lowest BCUT2D eigenvalue weighted by Crippen LogP contribution is -2.44. The van der Waals surface area contributed by atoms with Crippen molar-refractivity contribution in [1.82, 2.24) is 15.1 Å². The van der Waals surface area contributed by atoms with E-state index in [0.717, 1.165) is 30.8 Å². The summed E-state index contributed by atoms with van der Waals surface area (Å²) in [6.07, 6.45) is 3.39. The van der Waals surface area contributed by atoms with E-state index in [4.69, 9.17) is 4.74 Å². The first-order chi connectivity index (χ1) is 12.2. The molecule has 132 valence electrons. The van der Waals surface area contributed by atoms with E-state index in [1.165, 1.54) is 11.3 Å². The second-order valence-corrected chi connectivity index (χ2v) is 6.76. The molecule has 0 spiro atoms. The number of fused-ring (bicyclic) bond motifs is 1. The molecule has 2 aromatic rings. The van der Waals surface area contributed by atoms with E-state index in [0.29, 0.717) is 26.2 Å². The summed E-state index contributed by atoms with van der Waals surface area (Å²) >= 11 is 0. The molecule has 1 amide bonds. The molecule has 6 heteroatoms. The fourth-order valence-corrected chi connectivity index (χ4v) is 3.85. The van der Waals surface area contributed by atoms with Crippen LogP contribution in [0.1, 0.15) is 29.3 Å². The Balaban J connectivity index is 1.42. The van der Waals surface area contributed by atoms with E-state index in [-0.39, 0.29) is 11.9 Å². The summed E-state index contributed by atoms with van der Waals surface area (Å²) in [7, 11) is 0. The Morgan fingerprint density at radius 3 is 3.08 bits per heavy atom. The molecular formula is C19H24N4O2. The Kier molecular flexibility index (Phi) is 4.44. The first-order valence-electron chi connectivity index (χ1n) is 8.94. The van der Waals surface area contributed by atoms with Crippen LogP contribution in [0.2, 0.25) is 0 Å². The van der Waals surface area contributed by atoms with Crippen LogP contribution in [0, 0.1) is 6.92 Å². The third-order valence-corrected chi connectivity index (χ3v) is 5.23. The van der Waals surface area contributed by atoms with Gasteiger partial charge >= 0.3 is 0 Å². The smallest absolute Gasteiger partial charge is 0.225 e. The highest BCUT2D eigenvalue weighted by Crippen LogP contribution is 2.29. The Morgan fingerprint density at radius 1 is 1.36 bits per heavy atom. The highest BCUT2D eigenvalue weighted by atomic mass is 16.5. The van der Waals surface area contributed by atoms with E-state index in [2.05, 4.69) is 39.4 Å². The number of rotatable bonds is 4. The minimum Gasteiger partial charge on any atom is -0.377 e. The van der Waals surface area contributed by atoms with Crippen molar-refractivity contribution < 1.29 is 9.53 Å². The summed E-state index contributed by atoms with van der Waals surface area (Å²) in [4.78, 5) is 17.2. The van der Waals surface area contributed by atoms with Crippen LogP contribution in [0.15, 0.2) is 30.5 Å². The van der Waals surface area contributed by atoms with E-state index in [1.807, 2.05) is 11.8 Å². The monoisotopic (exact) mass is 340 g/mol. The Hall–Kier alpha value is -2.34. The van der Waals surface area contributed by atoms with E-state index in [1.54, 1.807) is 6.20 Å². The number of anilines is 1. The van der Waals surface area contributed by atoms with Gasteiger partial charge in [0.15, 0.2) is 0 Å². The lowest BCUT2D eigenvalue weighted by atomic mass is 10.1. The van der Waals surface area contributed by atoms with Crippen LogP contribution in [0.5, 0.6) is 0 Å². The molecule has 1 fully saturated rings. The Labute approximate surface area is 147 Å². The maximum absolute atomic E-state index is 12.9. The van der Waals surface area contributed by atoms with Gasteiger partial charge in [-0.2, -0.15) is 5.10 Å². The minimum absolute atomic E-state index is 0.0605. The molecule has 2 aliphatic heterocycles. The number of nitrogens with one attached hydrogen (secondary N) is 1.